The molecule has 0 aromatic rings. The number of amidine groups is 1. The fourth-order valence-electron chi connectivity index (χ4n) is 3.17. The molecule has 3 rings (SSSR count). The normalized spacial score (nSPS) is 26.6. The quantitative estimate of drug-likeness (QED) is 0.732. The molecule has 1 saturated heterocycles. The Balaban J connectivity index is 1.90. The van der Waals surface area contributed by atoms with E-state index in [1.165, 1.54) is 0 Å². The number of fused-ring (bicyclic) bond motifs is 1. The Morgan fingerprint density at radius 3 is 2.76 bits per heavy atom. The predicted molar refractivity (Wildman–Crippen MR) is 81.5 cm³/mol. The third kappa shape index (κ3) is 2.75. The SMILES string of the molecule is CC(=O)CN1C2=CN(C)CN(C)C2=NC1N1CCNCC1. The average Bonchev–Trinajstić information content (AvgIpc) is 2.78. The molecule has 0 aromatic heterocycles. The second-order valence-electron chi connectivity index (χ2n) is 6.03. The molecule has 7 heteroatoms. The van der Waals surface area contributed by atoms with Gasteiger partial charge in [-0.3, -0.25) is 9.69 Å². The van der Waals surface area contributed by atoms with Crippen LogP contribution in [0.25, 0.3) is 0 Å². The summed E-state index contributed by atoms with van der Waals surface area (Å²) in [6.07, 6.45) is 2.05. The zero-order valence-corrected chi connectivity index (χ0v) is 13.0. The molecule has 0 spiro atoms. The Morgan fingerprint density at radius 1 is 1.38 bits per heavy atom. The summed E-state index contributed by atoms with van der Waals surface area (Å²) >= 11 is 0. The molecule has 1 N–H and O–H groups in total. The Hall–Kier alpha value is -1.60. The van der Waals surface area contributed by atoms with Crippen LogP contribution >= 0.6 is 0 Å². The van der Waals surface area contributed by atoms with Crippen molar-refractivity contribution in [2.45, 2.75) is 13.2 Å². The molecule has 1 atom stereocenters. The second kappa shape index (κ2) is 5.65. The van der Waals surface area contributed by atoms with Crippen LogP contribution in [0.2, 0.25) is 0 Å². The van der Waals surface area contributed by atoms with Gasteiger partial charge in [-0.2, -0.15) is 0 Å². The van der Waals surface area contributed by atoms with Crippen molar-refractivity contribution in [1.82, 2.24) is 24.9 Å². The predicted octanol–water partition coefficient (Wildman–Crippen LogP) is -0.846. The number of aliphatic imine (C=N–C) groups is 1. The number of rotatable bonds is 3. The van der Waals surface area contributed by atoms with Gasteiger partial charge in [0.05, 0.1) is 18.9 Å². The summed E-state index contributed by atoms with van der Waals surface area (Å²) in [5, 5.41) is 3.36. The third-order valence-corrected chi connectivity index (χ3v) is 4.07. The summed E-state index contributed by atoms with van der Waals surface area (Å²) in [5.74, 6) is 1.17. The Bertz CT molecular complexity index is 482. The average molecular weight is 292 g/mol. The van der Waals surface area contributed by atoms with E-state index in [1.807, 2.05) is 7.05 Å². The number of nitrogens with zero attached hydrogens (tertiary/aromatic N) is 5. The first kappa shape index (κ1) is 14.3. The van der Waals surface area contributed by atoms with Crippen LogP contribution in [0, 0.1) is 0 Å². The lowest BCUT2D eigenvalue weighted by atomic mass is 10.3. The molecule has 3 aliphatic heterocycles. The van der Waals surface area contributed by atoms with Crippen molar-refractivity contribution in [2.75, 3.05) is 53.5 Å². The minimum atomic E-state index is -0.0498. The lowest BCUT2D eigenvalue weighted by Crippen LogP contribution is -2.53. The van der Waals surface area contributed by atoms with E-state index >= 15 is 0 Å². The molecule has 0 aromatic carbocycles. The van der Waals surface area contributed by atoms with E-state index in [0.717, 1.165) is 44.4 Å². The Labute approximate surface area is 125 Å². The molecule has 0 bridgehead atoms. The number of piperazine rings is 1. The summed E-state index contributed by atoms with van der Waals surface area (Å²) in [6, 6.07) is 0. The summed E-state index contributed by atoms with van der Waals surface area (Å²) < 4.78 is 0. The molecular weight excluding hydrogens is 268 g/mol. The highest BCUT2D eigenvalue weighted by Gasteiger charge is 2.38. The van der Waals surface area contributed by atoms with E-state index < -0.39 is 0 Å². The highest BCUT2D eigenvalue weighted by molar-refractivity contribution is 6.00. The number of likely N-dealkylation sites (N-methyl/N-ethyl adjacent to an activating group) is 1. The summed E-state index contributed by atoms with van der Waals surface area (Å²) in [5.41, 5.74) is 1.06. The highest BCUT2D eigenvalue weighted by Crippen LogP contribution is 2.27. The maximum Gasteiger partial charge on any atom is 0.181 e. The molecular formula is C14H24N6O. The molecule has 116 valence electrons. The minimum absolute atomic E-state index is 0.0498. The van der Waals surface area contributed by atoms with Gasteiger partial charge in [0.15, 0.2) is 12.1 Å². The first-order valence-corrected chi connectivity index (χ1v) is 7.48. The molecule has 0 radical (unpaired) electrons. The standard InChI is InChI=1S/C14H24N6O/c1-11(21)8-20-12-9-17(2)10-18(3)13(12)16-14(20)19-6-4-15-5-7-19/h9,14-15H,4-8,10H2,1-3H3. The smallest absolute Gasteiger partial charge is 0.181 e. The van der Waals surface area contributed by atoms with Gasteiger partial charge in [-0.1, -0.05) is 0 Å². The molecule has 3 aliphatic rings. The molecule has 1 unspecified atom stereocenters. The Morgan fingerprint density at radius 2 is 2.10 bits per heavy atom. The Kier molecular flexibility index (Phi) is 3.86. The number of hydrogen-bond acceptors (Lipinski definition) is 7. The van der Waals surface area contributed by atoms with Gasteiger partial charge in [0, 0.05) is 46.5 Å². The van der Waals surface area contributed by atoms with Gasteiger partial charge in [-0.25, -0.2) is 4.99 Å². The maximum atomic E-state index is 11.7. The van der Waals surface area contributed by atoms with E-state index in [1.54, 1.807) is 6.92 Å². The zero-order chi connectivity index (χ0) is 15.0. The zero-order valence-electron chi connectivity index (χ0n) is 13.0. The van der Waals surface area contributed by atoms with E-state index in [-0.39, 0.29) is 12.1 Å². The summed E-state index contributed by atoms with van der Waals surface area (Å²) in [7, 11) is 4.10. The first-order valence-electron chi connectivity index (χ1n) is 7.48. The van der Waals surface area contributed by atoms with Crippen LogP contribution in [-0.2, 0) is 4.79 Å². The van der Waals surface area contributed by atoms with Crippen LogP contribution in [0.1, 0.15) is 6.92 Å². The van der Waals surface area contributed by atoms with Gasteiger partial charge in [0.2, 0.25) is 0 Å². The molecule has 0 aliphatic carbocycles. The van der Waals surface area contributed by atoms with Crippen molar-refractivity contribution in [3.05, 3.63) is 11.9 Å². The molecule has 21 heavy (non-hydrogen) atoms. The number of ketones is 1. The van der Waals surface area contributed by atoms with Gasteiger partial charge in [0.25, 0.3) is 0 Å². The number of Topliss-reactive ketones (excluding diaryl/α,β-unsaturated/α-hetero) is 1. The van der Waals surface area contributed by atoms with Gasteiger partial charge < -0.3 is 20.0 Å². The monoisotopic (exact) mass is 292 g/mol. The van der Waals surface area contributed by atoms with Gasteiger partial charge in [-0.05, 0) is 6.92 Å². The number of carbonyl (C=O) groups is 1. The first-order chi connectivity index (χ1) is 10.1. The lowest BCUT2D eigenvalue weighted by molar-refractivity contribution is -0.118. The number of nitrogens with one attached hydrogen (secondary N) is 1. The fourth-order valence-corrected chi connectivity index (χ4v) is 3.17. The molecule has 7 nitrogen and oxygen atoms in total. The number of carbonyl (C=O) groups excluding carboxylic acids is 1. The topological polar surface area (TPSA) is 54.4 Å². The molecule has 0 saturated carbocycles. The van der Waals surface area contributed by atoms with Crippen molar-refractivity contribution in [1.29, 1.82) is 0 Å². The largest absolute Gasteiger partial charge is 0.361 e. The van der Waals surface area contributed by atoms with Gasteiger partial charge >= 0.3 is 0 Å². The van der Waals surface area contributed by atoms with E-state index in [0.29, 0.717) is 6.54 Å². The highest BCUT2D eigenvalue weighted by atomic mass is 16.1. The molecule has 3 heterocycles. The summed E-state index contributed by atoms with van der Waals surface area (Å²) in [4.78, 5) is 25.3. The van der Waals surface area contributed by atoms with Crippen LogP contribution in [0.15, 0.2) is 16.9 Å². The van der Waals surface area contributed by atoms with Crippen LogP contribution in [-0.4, -0.2) is 91.0 Å². The fraction of sp³-hybridized carbons (Fsp3) is 0.714. The second-order valence-corrected chi connectivity index (χ2v) is 6.03. The van der Waals surface area contributed by atoms with Crippen molar-refractivity contribution in [3.63, 3.8) is 0 Å². The van der Waals surface area contributed by atoms with E-state index in [4.69, 9.17) is 4.99 Å². The van der Waals surface area contributed by atoms with Crippen molar-refractivity contribution in [2.24, 2.45) is 4.99 Å². The summed E-state index contributed by atoms with van der Waals surface area (Å²) in [6.45, 7) is 6.75. The van der Waals surface area contributed by atoms with Crippen LogP contribution < -0.4 is 5.32 Å². The van der Waals surface area contributed by atoms with Gasteiger partial charge in [-0.15, -0.1) is 0 Å². The maximum absolute atomic E-state index is 11.7. The molecule has 0 amide bonds. The lowest BCUT2D eigenvalue weighted by Gasteiger charge is -2.38. The van der Waals surface area contributed by atoms with Gasteiger partial charge in [0.1, 0.15) is 5.78 Å². The molecule has 1 fully saturated rings. The van der Waals surface area contributed by atoms with Crippen LogP contribution in [0.5, 0.6) is 0 Å². The van der Waals surface area contributed by atoms with Crippen molar-refractivity contribution >= 4 is 11.6 Å². The van der Waals surface area contributed by atoms with Crippen molar-refractivity contribution in [3.8, 4) is 0 Å². The van der Waals surface area contributed by atoms with Crippen molar-refractivity contribution < 1.29 is 4.79 Å². The number of hydrogen-bond donors (Lipinski definition) is 1. The van der Waals surface area contributed by atoms with Crippen LogP contribution in [0.3, 0.4) is 0 Å². The van der Waals surface area contributed by atoms with E-state index in [2.05, 4.69) is 38.2 Å². The van der Waals surface area contributed by atoms with E-state index in [9.17, 15) is 4.79 Å². The third-order valence-electron chi connectivity index (χ3n) is 4.07. The van der Waals surface area contributed by atoms with Crippen LogP contribution in [0.4, 0.5) is 0 Å². The minimum Gasteiger partial charge on any atom is -0.361 e.